The van der Waals surface area contributed by atoms with E-state index in [-0.39, 0.29) is 5.91 Å². The topological polar surface area (TPSA) is 46.3 Å². The lowest BCUT2D eigenvalue weighted by molar-refractivity contribution is 0.0792. The summed E-state index contributed by atoms with van der Waals surface area (Å²) >= 11 is 1.52. The first kappa shape index (κ1) is 15.3. The van der Waals surface area contributed by atoms with Crippen molar-refractivity contribution in [3.8, 4) is 0 Å². The summed E-state index contributed by atoms with van der Waals surface area (Å²) in [5.41, 5.74) is 3.48. The zero-order valence-corrected chi connectivity index (χ0v) is 14.1. The highest BCUT2D eigenvalue weighted by molar-refractivity contribution is 7.98. The number of hydrogen-bond acceptors (Lipinski definition) is 4. The van der Waals surface area contributed by atoms with Gasteiger partial charge in [-0.1, -0.05) is 42.1 Å². The molecule has 1 saturated heterocycles. The smallest absolute Gasteiger partial charge is 0.257 e. The predicted molar refractivity (Wildman–Crippen MR) is 95.1 cm³/mol. The molecular formula is C19H18N2O2S. The number of aromatic nitrogens is 1. The van der Waals surface area contributed by atoms with Crippen LogP contribution in [0.15, 0.2) is 58.2 Å². The highest BCUT2D eigenvalue weighted by atomic mass is 32.2. The lowest BCUT2D eigenvalue weighted by Crippen LogP contribution is -2.28. The summed E-state index contributed by atoms with van der Waals surface area (Å²) in [6.45, 7) is 1.73. The van der Waals surface area contributed by atoms with E-state index < -0.39 is 0 Å². The minimum atomic E-state index is 0.140. The molecule has 1 aromatic heterocycles. The molecule has 0 saturated carbocycles. The molecule has 0 spiro atoms. The first-order valence-electron chi connectivity index (χ1n) is 8.17. The fourth-order valence-electron chi connectivity index (χ4n) is 3.00. The van der Waals surface area contributed by atoms with Crippen LogP contribution < -0.4 is 0 Å². The summed E-state index contributed by atoms with van der Waals surface area (Å²) in [6, 6.07) is 15.6. The molecule has 0 N–H and O–H groups in total. The molecule has 1 amide bonds. The molecular weight excluding hydrogens is 320 g/mol. The van der Waals surface area contributed by atoms with Gasteiger partial charge in [0.05, 0.1) is 0 Å². The average molecular weight is 338 g/mol. The van der Waals surface area contributed by atoms with Crippen molar-refractivity contribution in [1.29, 1.82) is 0 Å². The standard InChI is InChI=1S/C19H18N2O2S/c22-18(21-11-5-6-12-21)15-8-2-1-7-14(15)13-24-19-20-16-9-3-4-10-17(16)23-19/h1-4,7-10H,5-6,11-13H2. The normalized spacial score (nSPS) is 14.4. The minimum Gasteiger partial charge on any atom is -0.431 e. The second-order valence-electron chi connectivity index (χ2n) is 5.89. The number of carbonyl (C=O) groups excluding carboxylic acids is 1. The summed E-state index contributed by atoms with van der Waals surface area (Å²) in [7, 11) is 0. The number of para-hydroxylation sites is 2. The summed E-state index contributed by atoms with van der Waals surface area (Å²) in [5.74, 6) is 0.809. The molecule has 2 aromatic carbocycles. The zero-order chi connectivity index (χ0) is 16.4. The number of rotatable bonds is 4. The molecule has 2 heterocycles. The van der Waals surface area contributed by atoms with Gasteiger partial charge >= 0.3 is 0 Å². The quantitative estimate of drug-likeness (QED) is 0.663. The Balaban J connectivity index is 1.53. The molecule has 122 valence electrons. The van der Waals surface area contributed by atoms with E-state index >= 15 is 0 Å². The van der Waals surface area contributed by atoms with E-state index in [1.807, 2.05) is 53.4 Å². The number of thioether (sulfide) groups is 1. The molecule has 4 rings (SSSR count). The van der Waals surface area contributed by atoms with E-state index in [9.17, 15) is 4.79 Å². The van der Waals surface area contributed by atoms with Gasteiger partial charge in [0.1, 0.15) is 5.52 Å². The van der Waals surface area contributed by atoms with Crippen LogP contribution in [0.4, 0.5) is 0 Å². The number of benzene rings is 2. The van der Waals surface area contributed by atoms with Crippen LogP contribution in [0.25, 0.3) is 11.1 Å². The molecule has 24 heavy (non-hydrogen) atoms. The molecule has 1 fully saturated rings. The van der Waals surface area contributed by atoms with Gasteiger partial charge in [-0.3, -0.25) is 4.79 Å². The fourth-order valence-corrected chi connectivity index (χ4v) is 3.84. The van der Waals surface area contributed by atoms with Crippen LogP contribution in [0.3, 0.4) is 0 Å². The lowest BCUT2D eigenvalue weighted by Gasteiger charge is -2.17. The van der Waals surface area contributed by atoms with E-state index in [0.29, 0.717) is 11.0 Å². The number of likely N-dealkylation sites (tertiary alicyclic amines) is 1. The Morgan fingerprint density at radius 3 is 2.67 bits per heavy atom. The minimum absolute atomic E-state index is 0.140. The summed E-state index contributed by atoms with van der Waals surface area (Å²) < 4.78 is 5.75. The molecule has 0 unspecified atom stereocenters. The third-order valence-corrected chi connectivity index (χ3v) is 5.14. The number of fused-ring (bicyclic) bond motifs is 1. The maximum Gasteiger partial charge on any atom is 0.257 e. The zero-order valence-electron chi connectivity index (χ0n) is 13.3. The fraction of sp³-hybridized carbons (Fsp3) is 0.263. The van der Waals surface area contributed by atoms with Crippen molar-refractivity contribution in [3.05, 3.63) is 59.7 Å². The van der Waals surface area contributed by atoms with Crippen LogP contribution >= 0.6 is 11.8 Å². The first-order chi connectivity index (χ1) is 11.8. The Labute approximate surface area is 144 Å². The van der Waals surface area contributed by atoms with Gasteiger partial charge in [0, 0.05) is 24.4 Å². The number of amides is 1. The molecule has 0 bridgehead atoms. The summed E-state index contributed by atoms with van der Waals surface area (Å²) in [6.07, 6.45) is 2.21. The van der Waals surface area contributed by atoms with Crippen LogP contribution in [0, 0.1) is 0 Å². The maximum atomic E-state index is 12.7. The number of hydrogen-bond donors (Lipinski definition) is 0. The van der Waals surface area contributed by atoms with Crippen molar-refractivity contribution in [3.63, 3.8) is 0 Å². The predicted octanol–water partition coefficient (Wildman–Crippen LogP) is 4.36. The van der Waals surface area contributed by atoms with Gasteiger partial charge < -0.3 is 9.32 Å². The summed E-state index contributed by atoms with van der Waals surface area (Å²) in [5, 5.41) is 0.639. The van der Waals surface area contributed by atoms with Crippen LogP contribution in [-0.4, -0.2) is 28.9 Å². The van der Waals surface area contributed by atoms with Crippen molar-refractivity contribution in [2.45, 2.75) is 23.8 Å². The van der Waals surface area contributed by atoms with E-state index in [2.05, 4.69) is 4.98 Å². The van der Waals surface area contributed by atoms with Crippen LogP contribution in [0.2, 0.25) is 0 Å². The number of carbonyl (C=O) groups is 1. The number of oxazole rings is 1. The number of nitrogens with zero attached hydrogens (tertiary/aromatic N) is 2. The molecule has 0 atom stereocenters. The van der Waals surface area contributed by atoms with Crippen molar-refractivity contribution < 1.29 is 9.21 Å². The molecule has 3 aromatic rings. The van der Waals surface area contributed by atoms with E-state index in [4.69, 9.17) is 4.42 Å². The second kappa shape index (κ2) is 6.69. The van der Waals surface area contributed by atoms with E-state index in [0.717, 1.165) is 48.2 Å². The highest BCUT2D eigenvalue weighted by Gasteiger charge is 2.21. The third kappa shape index (κ3) is 3.04. The molecule has 4 nitrogen and oxygen atoms in total. The summed E-state index contributed by atoms with van der Waals surface area (Å²) in [4.78, 5) is 19.1. The van der Waals surface area contributed by atoms with Crippen molar-refractivity contribution >= 4 is 28.8 Å². The van der Waals surface area contributed by atoms with Gasteiger partial charge in [-0.25, -0.2) is 4.98 Å². The van der Waals surface area contributed by atoms with Crippen molar-refractivity contribution in [2.24, 2.45) is 0 Å². The van der Waals surface area contributed by atoms with Crippen molar-refractivity contribution in [1.82, 2.24) is 9.88 Å². The maximum absolute atomic E-state index is 12.7. The first-order valence-corrected chi connectivity index (χ1v) is 9.15. The Hall–Kier alpha value is -2.27. The largest absolute Gasteiger partial charge is 0.431 e. The molecule has 0 aliphatic carbocycles. The Morgan fingerprint density at radius 2 is 1.83 bits per heavy atom. The second-order valence-corrected chi connectivity index (χ2v) is 6.82. The van der Waals surface area contributed by atoms with Gasteiger partial charge in [-0.15, -0.1) is 0 Å². The Bertz CT molecular complexity index is 835. The Morgan fingerprint density at radius 1 is 1.08 bits per heavy atom. The van der Waals surface area contributed by atoms with Gasteiger partial charge in [0.25, 0.3) is 11.1 Å². The Kier molecular flexibility index (Phi) is 4.26. The lowest BCUT2D eigenvalue weighted by atomic mass is 10.1. The monoisotopic (exact) mass is 338 g/mol. The van der Waals surface area contributed by atoms with Gasteiger partial charge in [-0.2, -0.15) is 0 Å². The van der Waals surface area contributed by atoms with E-state index in [1.54, 1.807) is 0 Å². The van der Waals surface area contributed by atoms with Crippen LogP contribution in [-0.2, 0) is 5.75 Å². The molecule has 1 aliphatic rings. The van der Waals surface area contributed by atoms with Crippen LogP contribution in [0.5, 0.6) is 0 Å². The molecule has 5 heteroatoms. The van der Waals surface area contributed by atoms with Crippen molar-refractivity contribution in [2.75, 3.05) is 13.1 Å². The molecule has 0 radical (unpaired) electrons. The van der Waals surface area contributed by atoms with Gasteiger partial charge in [-0.05, 0) is 36.6 Å². The SMILES string of the molecule is O=C(c1ccccc1CSc1nc2ccccc2o1)N1CCCC1. The molecule has 1 aliphatic heterocycles. The van der Waals surface area contributed by atoms with Crippen LogP contribution in [0.1, 0.15) is 28.8 Å². The van der Waals surface area contributed by atoms with Gasteiger partial charge in [0.15, 0.2) is 5.58 Å². The van der Waals surface area contributed by atoms with E-state index in [1.165, 1.54) is 11.8 Å². The third-order valence-electron chi connectivity index (χ3n) is 4.27. The average Bonchev–Trinajstić information content (AvgIpc) is 3.28. The highest BCUT2D eigenvalue weighted by Crippen LogP contribution is 2.28. The van der Waals surface area contributed by atoms with Gasteiger partial charge in [0.2, 0.25) is 0 Å².